The van der Waals surface area contributed by atoms with Crippen LogP contribution >= 0.6 is 0 Å². The second-order valence-electron chi connectivity index (χ2n) is 4.76. The molecule has 0 aromatic carbocycles. The Morgan fingerprint density at radius 2 is 2.33 bits per heavy atom. The summed E-state index contributed by atoms with van der Waals surface area (Å²) in [4.78, 5) is 23.7. The summed E-state index contributed by atoms with van der Waals surface area (Å²) in [6.07, 6.45) is 1.30. The van der Waals surface area contributed by atoms with E-state index in [0.29, 0.717) is 25.2 Å². The van der Waals surface area contributed by atoms with Crippen LogP contribution in [0.25, 0.3) is 0 Å². The number of amides is 1. The molecule has 1 unspecified atom stereocenters. The summed E-state index contributed by atoms with van der Waals surface area (Å²) < 4.78 is 1.40. The van der Waals surface area contributed by atoms with Gasteiger partial charge < -0.3 is 15.0 Å². The van der Waals surface area contributed by atoms with Crippen molar-refractivity contribution in [1.29, 1.82) is 0 Å². The number of carbonyl (C=O) groups is 1. The Bertz CT molecular complexity index is 483. The summed E-state index contributed by atoms with van der Waals surface area (Å²) in [7, 11) is 1.78. The van der Waals surface area contributed by atoms with E-state index >= 15 is 0 Å². The van der Waals surface area contributed by atoms with Gasteiger partial charge in [0.2, 0.25) is 5.91 Å². The largest absolute Gasteiger partial charge is 0.358 e. The van der Waals surface area contributed by atoms with Gasteiger partial charge in [0.1, 0.15) is 6.54 Å². The van der Waals surface area contributed by atoms with Gasteiger partial charge >= 0.3 is 5.82 Å². The Hall–Kier alpha value is -1.92. The maximum absolute atomic E-state index is 11.6. The molecule has 1 amide bonds. The molecule has 2 rings (SSSR count). The van der Waals surface area contributed by atoms with Gasteiger partial charge in [-0.1, -0.05) is 5.10 Å². The highest BCUT2D eigenvalue weighted by atomic mass is 16.6. The van der Waals surface area contributed by atoms with Crippen molar-refractivity contribution >= 4 is 11.7 Å². The van der Waals surface area contributed by atoms with E-state index in [9.17, 15) is 14.9 Å². The fourth-order valence-electron chi connectivity index (χ4n) is 2.22. The third kappa shape index (κ3) is 2.49. The van der Waals surface area contributed by atoms with Gasteiger partial charge in [-0.25, -0.2) is 0 Å². The second kappa shape index (κ2) is 4.75. The molecule has 1 atom stereocenters. The molecule has 0 N–H and O–H groups in total. The van der Waals surface area contributed by atoms with Crippen LogP contribution in [0.2, 0.25) is 0 Å². The number of piperidine rings is 1. The molecule has 0 aliphatic carbocycles. The van der Waals surface area contributed by atoms with E-state index in [1.165, 1.54) is 10.7 Å². The normalized spacial score (nSPS) is 20.2. The van der Waals surface area contributed by atoms with Crippen molar-refractivity contribution in [2.45, 2.75) is 26.3 Å². The summed E-state index contributed by atoms with van der Waals surface area (Å²) in [5.41, 5.74) is 0.626. The van der Waals surface area contributed by atoms with E-state index in [4.69, 9.17) is 0 Å². The predicted octanol–water partition coefficient (Wildman–Crippen LogP) is 0.968. The number of nitrogens with zero attached hydrogens (tertiary/aromatic N) is 4. The Morgan fingerprint density at radius 1 is 1.61 bits per heavy atom. The summed E-state index contributed by atoms with van der Waals surface area (Å²) in [6.45, 7) is 2.87. The van der Waals surface area contributed by atoms with Crippen LogP contribution in [0.3, 0.4) is 0 Å². The van der Waals surface area contributed by atoms with Crippen molar-refractivity contribution in [2.75, 3.05) is 13.6 Å². The number of aromatic nitrogens is 2. The molecule has 7 heteroatoms. The molecule has 0 spiro atoms. The van der Waals surface area contributed by atoms with Gasteiger partial charge in [-0.05, 0) is 18.3 Å². The number of hydrogen-bond donors (Lipinski definition) is 0. The van der Waals surface area contributed by atoms with E-state index in [2.05, 4.69) is 5.10 Å². The minimum atomic E-state index is -0.434. The first-order chi connectivity index (χ1) is 8.47. The van der Waals surface area contributed by atoms with Crippen molar-refractivity contribution in [3.8, 4) is 0 Å². The first-order valence-corrected chi connectivity index (χ1v) is 5.90. The van der Waals surface area contributed by atoms with Gasteiger partial charge in [0.15, 0.2) is 0 Å². The van der Waals surface area contributed by atoms with E-state index in [0.717, 1.165) is 6.42 Å². The van der Waals surface area contributed by atoms with Crippen LogP contribution in [-0.4, -0.2) is 39.1 Å². The predicted molar refractivity (Wildman–Crippen MR) is 64.0 cm³/mol. The fourth-order valence-corrected chi connectivity index (χ4v) is 2.22. The Labute approximate surface area is 105 Å². The summed E-state index contributed by atoms with van der Waals surface area (Å²) >= 11 is 0. The Morgan fingerprint density at radius 3 is 2.94 bits per heavy atom. The highest BCUT2D eigenvalue weighted by molar-refractivity contribution is 5.76. The van der Waals surface area contributed by atoms with Gasteiger partial charge in [-0.3, -0.25) is 4.79 Å². The molecule has 1 aliphatic heterocycles. The molecule has 1 saturated heterocycles. The van der Waals surface area contributed by atoms with Crippen molar-refractivity contribution in [3.63, 3.8) is 0 Å². The van der Waals surface area contributed by atoms with Crippen molar-refractivity contribution in [3.05, 3.63) is 21.9 Å². The first-order valence-electron chi connectivity index (χ1n) is 5.90. The van der Waals surface area contributed by atoms with Gasteiger partial charge in [0.05, 0.1) is 11.8 Å². The standard InChI is InChI=1S/C11H16N4O3/c1-8-5-10(15(17)18)14(12-8)7-9-3-4-13(2)11(16)6-9/h5,9H,3-4,6-7H2,1-2H3. The van der Waals surface area contributed by atoms with Crippen LogP contribution in [0, 0.1) is 23.0 Å². The number of carbonyl (C=O) groups excluding carboxylic acids is 1. The molecule has 1 aromatic rings. The van der Waals surface area contributed by atoms with E-state index < -0.39 is 4.92 Å². The number of hydrogen-bond acceptors (Lipinski definition) is 4. The molecular formula is C11H16N4O3. The Kier molecular flexibility index (Phi) is 3.31. The molecule has 98 valence electrons. The third-order valence-electron chi connectivity index (χ3n) is 3.26. The van der Waals surface area contributed by atoms with E-state index in [-0.39, 0.29) is 17.6 Å². The molecule has 1 fully saturated rings. The lowest BCUT2D eigenvalue weighted by molar-refractivity contribution is -0.392. The lowest BCUT2D eigenvalue weighted by atomic mass is 9.96. The van der Waals surface area contributed by atoms with Crippen LogP contribution in [0.4, 0.5) is 5.82 Å². The molecule has 0 radical (unpaired) electrons. The molecule has 2 heterocycles. The molecule has 0 saturated carbocycles. The summed E-state index contributed by atoms with van der Waals surface area (Å²) in [6, 6.07) is 1.46. The van der Waals surface area contributed by atoms with Crippen molar-refractivity contribution in [1.82, 2.24) is 14.7 Å². The minimum absolute atomic E-state index is 0.00104. The maximum atomic E-state index is 11.6. The van der Waals surface area contributed by atoms with Gasteiger partial charge in [-0.15, -0.1) is 4.68 Å². The van der Waals surface area contributed by atoms with Crippen LogP contribution in [0.1, 0.15) is 18.5 Å². The zero-order valence-electron chi connectivity index (χ0n) is 10.5. The fraction of sp³-hybridized carbons (Fsp3) is 0.636. The monoisotopic (exact) mass is 252 g/mol. The molecule has 7 nitrogen and oxygen atoms in total. The number of nitro groups is 1. The lowest BCUT2D eigenvalue weighted by Gasteiger charge is -2.27. The van der Waals surface area contributed by atoms with Crippen LogP contribution in [-0.2, 0) is 11.3 Å². The summed E-state index contributed by atoms with van der Waals surface area (Å²) in [5.74, 6) is 0.225. The molecule has 0 bridgehead atoms. The SMILES string of the molecule is Cc1cc([N+](=O)[O-])n(CC2CCN(C)C(=O)C2)n1. The molecule has 1 aliphatic rings. The van der Waals surface area contributed by atoms with E-state index in [1.807, 2.05) is 0 Å². The van der Waals surface area contributed by atoms with Gasteiger partial charge in [0, 0.05) is 25.9 Å². The van der Waals surface area contributed by atoms with Crippen LogP contribution in [0.5, 0.6) is 0 Å². The molecule has 18 heavy (non-hydrogen) atoms. The van der Waals surface area contributed by atoms with Gasteiger partial charge in [0.25, 0.3) is 0 Å². The van der Waals surface area contributed by atoms with Crippen molar-refractivity contribution < 1.29 is 9.72 Å². The maximum Gasteiger partial charge on any atom is 0.345 e. The lowest BCUT2D eigenvalue weighted by Crippen LogP contribution is -2.37. The van der Waals surface area contributed by atoms with E-state index in [1.54, 1.807) is 18.9 Å². The van der Waals surface area contributed by atoms with Crippen LogP contribution in [0.15, 0.2) is 6.07 Å². The minimum Gasteiger partial charge on any atom is -0.358 e. The zero-order chi connectivity index (χ0) is 13.3. The number of likely N-dealkylation sites (tertiary alicyclic amines) is 1. The summed E-state index contributed by atoms with van der Waals surface area (Å²) in [5, 5.41) is 15.0. The average Bonchev–Trinajstić information content (AvgIpc) is 2.65. The highest BCUT2D eigenvalue weighted by Gasteiger charge is 2.27. The third-order valence-corrected chi connectivity index (χ3v) is 3.26. The highest BCUT2D eigenvalue weighted by Crippen LogP contribution is 2.22. The quantitative estimate of drug-likeness (QED) is 0.593. The molecule has 1 aromatic heterocycles. The zero-order valence-corrected chi connectivity index (χ0v) is 10.5. The number of rotatable bonds is 3. The average molecular weight is 252 g/mol. The smallest absolute Gasteiger partial charge is 0.345 e. The van der Waals surface area contributed by atoms with Gasteiger partial charge in [-0.2, -0.15) is 0 Å². The number of aryl methyl sites for hydroxylation is 1. The molecular weight excluding hydrogens is 236 g/mol. The van der Waals surface area contributed by atoms with Crippen molar-refractivity contribution in [2.24, 2.45) is 5.92 Å². The Balaban J connectivity index is 2.10. The first kappa shape index (κ1) is 12.5. The van der Waals surface area contributed by atoms with Crippen LogP contribution < -0.4 is 0 Å². The second-order valence-corrected chi connectivity index (χ2v) is 4.76. The topological polar surface area (TPSA) is 81.3 Å².